The topological polar surface area (TPSA) is 38.0 Å². The summed E-state index contributed by atoms with van der Waals surface area (Å²) in [6, 6.07) is 14.0. The Kier molecular flexibility index (Phi) is 3.26. The normalized spacial score (nSPS) is 10.8. The Bertz CT molecular complexity index is 803. The summed E-state index contributed by atoms with van der Waals surface area (Å²) in [5.41, 5.74) is 6.16. The maximum Gasteiger partial charge on any atom is 0.222 e. The molecule has 1 aromatic heterocycles. The number of rotatable bonds is 2. The van der Waals surface area contributed by atoms with Gasteiger partial charge in [-0.1, -0.05) is 30.3 Å². The van der Waals surface area contributed by atoms with Crippen molar-refractivity contribution in [2.75, 3.05) is 0 Å². The van der Waals surface area contributed by atoms with Crippen LogP contribution in [0.5, 0.6) is 5.88 Å². The molecule has 0 radical (unpaired) electrons. The van der Waals surface area contributed by atoms with Crippen molar-refractivity contribution >= 4 is 0 Å². The quantitative estimate of drug-likeness (QED) is 0.764. The standard InChI is InChI=1S/C18H18N2O/c1-12-8-9-15(10-14(12)3)20-18(21)17(11-19-20)16-7-5-4-6-13(16)2/h4-11,21H,1-3H3. The van der Waals surface area contributed by atoms with Crippen molar-refractivity contribution in [1.82, 2.24) is 9.78 Å². The van der Waals surface area contributed by atoms with Gasteiger partial charge in [0, 0.05) is 0 Å². The second-order valence-corrected chi connectivity index (χ2v) is 5.38. The average molecular weight is 278 g/mol. The van der Waals surface area contributed by atoms with Gasteiger partial charge in [0.15, 0.2) is 0 Å². The fourth-order valence-corrected chi connectivity index (χ4v) is 2.45. The lowest BCUT2D eigenvalue weighted by Gasteiger charge is -2.08. The van der Waals surface area contributed by atoms with Crippen LogP contribution in [0, 0.1) is 20.8 Å². The second kappa shape index (κ2) is 5.09. The molecule has 3 aromatic rings. The van der Waals surface area contributed by atoms with E-state index in [2.05, 4.69) is 18.9 Å². The van der Waals surface area contributed by atoms with Crippen LogP contribution >= 0.6 is 0 Å². The Labute approximate surface area is 124 Å². The SMILES string of the molecule is Cc1ccc(-n2ncc(-c3ccccc3C)c2O)cc1C. The molecule has 3 heteroatoms. The van der Waals surface area contributed by atoms with Gasteiger partial charge in [0.1, 0.15) is 0 Å². The molecule has 0 bridgehead atoms. The predicted molar refractivity (Wildman–Crippen MR) is 84.9 cm³/mol. The van der Waals surface area contributed by atoms with Gasteiger partial charge in [0.05, 0.1) is 17.4 Å². The minimum Gasteiger partial charge on any atom is -0.493 e. The van der Waals surface area contributed by atoms with Gasteiger partial charge in [-0.3, -0.25) is 0 Å². The number of benzene rings is 2. The summed E-state index contributed by atoms with van der Waals surface area (Å²) in [7, 11) is 0. The molecule has 1 heterocycles. The Morgan fingerprint density at radius 2 is 1.62 bits per heavy atom. The van der Waals surface area contributed by atoms with E-state index < -0.39 is 0 Å². The van der Waals surface area contributed by atoms with Gasteiger partial charge in [0.25, 0.3) is 0 Å². The highest BCUT2D eigenvalue weighted by molar-refractivity contribution is 5.71. The van der Waals surface area contributed by atoms with Gasteiger partial charge in [-0.05, 0) is 55.2 Å². The van der Waals surface area contributed by atoms with E-state index in [0.29, 0.717) is 0 Å². The van der Waals surface area contributed by atoms with E-state index >= 15 is 0 Å². The average Bonchev–Trinajstić information content (AvgIpc) is 2.84. The molecule has 3 nitrogen and oxygen atoms in total. The van der Waals surface area contributed by atoms with Crippen molar-refractivity contribution in [3.8, 4) is 22.7 Å². The number of nitrogens with zero attached hydrogens (tertiary/aromatic N) is 2. The summed E-state index contributed by atoms with van der Waals surface area (Å²) in [5.74, 6) is 0.174. The zero-order chi connectivity index (χ0) is 15.0. The summed E-state index contributed by atoms with van der Waals surface area (Å²) in [6.07, 6.45) is 1.72. The summed E-state index contributed by atoms with van der Waals surface area (Å²) in [4.78, 5) is 0. The van der Waals surface area contributed by atoms with Gasteiger partial charge >= 0.3 is 0 Å². The highest BCUT2D eigenvalue weighted by atomic mass is 16.3. The number of aromatic hydroxyl groups is 1. The number of aromatic nitrogens is 2. The van der Waals surface area contributed by atoms with Crippen molar-refractivity contribution in [3.05, 3.63) is 65.4 Å². The van der Waals surface area contributed by atoms with Gasteiger partial charge in [-0.25, -0.2) is 4.68 Å². The lowest BCUT2D eigenvalue weighted by atomic mass is 10.0. The second-order valence-electron chi connectivity index (χ2n) is 5.38. The maximum atomic E-state index is 10.5. The number of hydrogen-bond donors (Lipinski definition) is 1. The maximum absolute atomic E-state index is 10.5. The van der Waals surface area contributed by atoms with Crippen LogP contribution in [0.4, 0.5) is 0 Å². The third kappa shape index (κ3) is 2.31. The largest absolute Gasteiger partial charge is 0.493 e. The molecule has 1 N–H and O–H groups in total. The monoisotopic (exact) mass is 278 g/mol. The first kappa shape index (κ1) is 13.4. The molecule has 0 unspecified atom stereocenters. The lowest BCUT2D eigenvalue weighted by molar-refractivity contribution is 0.435. The molecule has 0 atom stereocenters. The molecule has 0 aliphatic rings. The van der Waals surface area contributed by atoms with Crippen molar-refractivity contribution in [3.63, 3.8) is 0 Å². The van der Waals surface area contributed by atoms with Gasteiger partial charge in [-0.2, -0.15) is 5.10 Å². The molecule has 106 valence electrons. The Morgan fingerprint density at radius 1 is 0.857 bits per heavy atom. The Balaban J connectivity index is 2.11. The molecular weight excluding hydrogens is 260 g/mol. The van der Waals surface area contributed by atoms with Crippen LogP contribution < -0.4 is 0 Å². The van der Waals surface area contributed by atoms with Crippen LogP contribution in [0.25, 0.3) is 16.8 Å². The Morgan fingerprint density at radius 3 is 2.33 bits per heavy atom. The molecule has 21 heavy (non-hydrogen) atoms. The van der Waals surface area contributed by atoms with Crippen LogP contribution in [-0.4, -0.2) is 14.9 Å². The summed E-state index contributed by atoms with van der Waals surface area (Å²) in [5, 5.41) is 14.9. The molecule has 3 rings (SSSR count). The first-order chi connectivity index (χ1) is 10.1. The fourth-order valence-electron chi connectivity index (χ4n) is 2.45. The fraction of sp³-hybridized carbons (Fsp3) is 0.167. The molecule has 0 aliphatic carbocycles. The van der Waals surface area contributed by atoms with Crippen LogP contribution in [0.15, 0.2) is 48.7 Å². The molecule has 0 aliphatic heterocycles. The molecule has 0 fully saturated rings. The third-order valence-electron chi connectivity index (χ3n) is 3.91. The molecule has 0 saturated heterocycles. The third-order valence-corrected chi connectivity index (χ3v) is 3.91. The van der Waals surface area contributed by atoms with E-state index in [4.69, 9.17) is 0 Å². The van der Waals surface area contributed by atoms with Gasteiger partial charge in [0.2, 0.25) is 5.88 Å². The zero-order valence-corrected chi connectivity index (χ0v) is 12.5. The number of hydrogen-bond acceptors (Lipinski definition) is 2. The van der Waals surface area contributed by atoms with Crippen molar-refractivity contribution in [2.45, 2.75) is 20.8 Å². The first-order valence-corrected chi connectivity index (χ1v) is 6.98. The van der Waals surface area contributed by atoms with Gasteiger partial charge < -0.3 is 5.11 Å². The van der Waals surface area contributed by atoms with Crippen LogP contribution in [0.2, 0.25) is 0 Å². The molecule has 0 spiro atoms. The van der Waals surface area contributed by atoms with Crippen molar-refractivity contribution < 1.29 is 5.11 Å². The highest BCUT2D eigenvalue weighted by Crippen LogP contribution is 2.33. The van der Waals surface area contributed by atoms with E-state index in [-0.39, 0.29) is 5.88 Å². The summed E-state index contributed by atoms with van der Waals surface area (Å²) >= 11 is 0. The van der Waals surface area contributed by atoms with Gasteiger partial charge in [-0.15, -0.1) is 0 Å². The predicted octanol–water partition coefficient (Wildman–Crippen LogP) is 4.17. The summed E-state index contributed by atoms with van der Waals surface area (Å²) in [6.45, 7) is 6.16. The minimum atomic E-state index is 0.174. The molecular formula is C18H18N2O. The van der Waals surface area contributed by atoms with Crippen LogP contribution in [0.1, 0.15) is 16.7 Å². The van der Waals surface area contributed by atoms with E-state index in [1.165, 1.54) is 11.1 Å². The Hall–Kier alpha value is -2.55. The zero-order valence-electron chi connectivity index (χ0n) is 12.5. The van der Waals surface area contributed by atoms with Crippen molar-refractivity contribution in [1.29, 1.82) is 0 Å². The first-order valence-electron chi connectivity index (χ1n) is 6.98. The minimum absolute atomic E-state index is 0.174. The molecule has 0 saturated carbocycles. The smallest absolute Gasteiger partial charge is 0.222 e. The van der Waals surface area contributed by atoms with E-state index in [9.17, 15) is 5.11 Å². The molecule has 2 aromatic carbocycles. The van der Waals surface area contributed by atoms with E-state index in [0.717, 1.165) is 22.4 Å². The van der Waals surface area contributed by atoms with Crippen molar-refractivity contribution in [2.24, 2.45) is 0 Å². The number of aryl methyl sites for hydroxylation is 3. The van der Waals surface area contributed by atoms with E-state index in [1.54, 1.807) is 10.9 Å². The summed E-state index contributed by atoms with van der Waals surface area (Å²) < 4.78 is 1.58. The lowest BCUT2D eigenvalue weighted by Crippen LogP contribution is -1.96. The van der Waals surface area contributed by atoms with E-state index in [1.807, 2.05) is 49.4 Å². The van der Waals surface area contributed by atoms with Crippen LogP contribution in [-0.2, 0) is 0 Å². The molecule has 0 amide bonds. The van der Waals surface area contributed by atoms with Crippen LogP contribution in [0.3, 0.4) is 0 Å². The highest BCUT2D eigenvalue weighted by Gasteiger charge is 2.14.